The van der Waals surface area contributed by atoms with Crippen molar-refractivity contribution >= 4 is 40.2 Å². The number of aliphatic hydroxyl groups excluding tert-OH is 3. The third-order valence-corrected chi connectivity index (χ3v) is 24.5. The Morgan fingerprint density at radius 2 is 0.845 bits per heavy atom. The van der Waals surface area contributed by atoms with E-state index in [9.17, 15) is 29.7 Å². The number of pyridine rings is 1. The van der Waals surface area contributed by atoms with Crippen LogP contribution in [0.25, 0.3) is 44.3 Å². The van der Waals surface area contributed by atoms with Gasteiger partial charge in [0.1, 0.15) is 23.7 Å². The molecule has 14 nitrogen and oxygen atoms in total. The summed E-state index contributed by atoms with van der Waals surface area (Å²) in [6.45, 7) is 24.7. The van der Waals surface area contributed by atoms with Gasteiger partial charge in [0.2, 0.25) is 0 Å². The minimum Gasteiger partial charge on any atom is -0.513 e. The molecule has 0 spiro atoms. The van der Waals surface area contributed by atoms with Gasteiger partial charge >= 0.3 is 12.1 Å². The normalized spacial score (nSPS) is 19.5. The van der Waals surface area contributed by atoms with Crippen LogP contribution in [-0.4, -0.2) is 83.2 Å². The molecular weight excluding hydrogens is 1440 g/mol. The first kappa shape index (κ1) is 88.5. The van der Waals surface area contributed by atoms with Crippen molar-refractivity contribution in [3.8, 4) is 44.9 Å². The molecule has 0 bridgehead atoms. The maximum atomic E-state index is 13.1. The van der Waals surface area contributed by atoms with Gasteiger partial charge in [-0.25, -0.2) is 9.59 Å². The molecule has 2 unspecified atom stereocenters. The molecule has 3 fully saturated rings. The largest absolute Gasteiger partial charge is 0.513 e. The van der Waals surface area contributed by atoms with Crippen molar-refractivity contribution in [2.24, 2.45) is 17.8 Å². The first-order valence-corrected chi connectivity index (χ1v) is 43.8. The predicted molar refractivity (Wildman–Crippen MR) is 481 cm³/mol. The lowest BCUT2D eigenvalue weighted by atomic mass is 9.77. The predicted octanol–water partition coefficient (Wildman–Crippen LogP) is 26.4. The van der Waals surface area contributed by atoms with Crippen LogP contribution in [0, 0.1) is 24.7 Å². The Hall–Kier alpha value is -9.82. The number of benzene rings is 7. The first-order chi connectivity index (χ1) is 55.9. The molecule has 116 heavy (non-hydrogen) atoms. The van der Waals surface area contributed by atoms with Crippen LogP contribution in [0.3, 0.4) is 0 Å². The van der Waals surface area contributed by atoms with Gasteiger partial charge < -0.3 is 40.7 Å². The molecular formula is C102H134N6O8. The maximum absolute atomic E-state index is 13.1. The number of nitrogens with one attached hydrogen (secondary N) is 3. The van der Waals surface area contributed by atoms with Gasteiger partial charge in [0.15, 0.2) is 0 Å². The Balaban J connectivity index is 0.000000183. The van der Waals surface area contributed by atoms with E-state index in [1.165, 1.54) is 86.5 Å². The van der Waals surface area contributed by atoms with E-state index < -0.39 is 0 Å². The lowest BCUT2D eigenvalue weighted by Gasteiger charge is -2.35. The number of amides is 5. The zero-order valence-electron chi connectivity index (χ0n) is 69.6. The number of ether oxygens (including phenoxy) is 2. The molecule has 0 radical (unpaired) electrons. The van der Waals surface area contributed by atoms with Gasteiger partial charge in [0.25, 0.3) is 5.91 Å². The molecule has 3 saturated carbocycles. The van der Waals surface area contributed by atoms with Crippen LogP contribution >= 0.6 is 0 Å². The van der Waals surface area contributed by atoms with Crippen molar-refractivity contribution in [2.75, 3.05) is 42.5 Å². The zero-order valence-corrected chi connectivity index (χ0v) is 69.6. The van der Waals surface area contributed by atoms with Crippen LogP contribution < -0.4 is 35.2 Å². The highest BCUT2D eigenvalue weighted by molar-refractivity contribution is 6.07. The van der Waals surface area contributed by atoms with Crippen molar-refractivity contribution in [2.45, 2.75) is 258 Å². The molecule has 1 aromatic heterocycles. The van der Waals surface area contributed by atoms with E-state index in [1.54, 1.807) is 0 Å². The summed E-state index contributed by atoms with van der Waals surface area (Å²) >= 11 is 0. The second kappa shape index (κ2) is 45.1. The molecule has 3 heterocycles. The highest BCUT2D eigenvalue weighted by Crippen LogP contribution is 2.44. The minimum atomic E-state index is -0.0569. The maximum Gasteiger partial charge on any atom is 0.322 e. The lowest BCUT2D eigenvalue weighted by molar-refractivity contribution is 0.0954. The van der Waals surface area contributed by atoms with Crippen LogP contribution in [0.1, 0.15) is 271 Å². The van der Waals surface area contributed by atoms with Crippen molar-refractivity contribution < 1.29 is 39.2 Å². The molecule has 2 atom stereocenters. The quantitative estimate of drug-likeness (QED) is 0.0182. The molecule has 0 saturated heterocycles. The summed E-state index contributed by atoms with van der Waals surface area (Å²) < 4.78 is 12.5. The van der Waals surface area contributed by atoms with Crippen molar-refractivity contribution in [1.82, 2.24) is 20.9 Å². The lowest BCUT2D eigenvalue weighted by Crippen LogP contribution is -2.48. The van der Waals surface area contributed by atoms with Gasteiger partial charge in [-0.05, 0) is 257 Å². The van der Waals surface area contributed by atoms with Gasteiger partial charge in [0.05, 0.1) is 52.8 Å². The molecule has 13 rings (SSSR count). The summed E-state index contributed by atoms with van der Waals surface area (Å²) in [5, 5.41) is 38.8. The number of rotatable bonds is 31. The first-order valence-electron chi connectivity index (χ1n) is 43.8. The molecule has 3 aliphatic carbocycles. The number of hydrogen-bond acceptors (Lipinski definition) is 9. The van der Waals surface area contributed by atoms with E-state index in [1.807, 2.05) is 54.0 Å². The summed E-state index contributed by atoms with van der Waals surface area (Å²) in [7, 11) is 0. The Kier molecular flexibility index (Phi) is 34.4. The fourth-order valence-electron chi connectivity index (χ4n) is 17.9. The molecule has 5 amide bonds. The van der Waals surface area contributed by atoms with Crippen LogP contribution in [0.15, 0.2) is 201 Å². The number of urea groups is 2. The van der Waals surface area contributed by atoms with Gasteiger partial charge in [-0.15, -0.1) is 0 Å². The fourth-order valence-corrected chi connectivity index (χ4v) is 17.9. The molecule has 2 aliphatic heterocycles. The number of aliphatic hydroxyl groups is 3. The van der Waals surface area contributed by atoms with Crippen molar-refractivity contribution in [3.63, 3.8) is 0 Å². The molecule has 8 aromatic rings. The summed E-state index contributed by atoms with van der Waals surface area (Å²) in [4.78, 5) is 47.6. The zero-order chi connectivity index (χ0) is 81.0. The van der Waals surface area contributed by atoms with Gasteiger partial charge in [-0.2, -0.15) is 0 Å². The Bertz CT molecular complexity index is 4440. The smallest absolute Gasteiger partial charge is 0.322 e. The van der Waals surface area contributed by atoms with E-state index >= 15 is 0 Å². The van der Waals surface area contributed by atoms with Crippen LogP contribution in [-0.2, 0) is 6.42 Å². The summed E-state index contributed by atoms with van der Waals surface area (Å²) in [6.07, 6.45) is 31.7. The summed E-state index contributed by atoms with van der Waals surface area (Å²) in [5.41, 5.74) is 16.4. The average molecular weight is 1570 g/mol. The van der Waals surface area contributed by atoms with E-state index in [2.05, 4.69) is 190 Å². The number of unbranched alkanes of at least 4 members (excludes halogenated alkanes) is 9. The molecule has 14 heteroatoms. The van der Waals surface area contributed by atoms with Crippen molar-refractivity contribution in [3.05, 3.63) is 234 Å². The highest BCUT2D eigenvalue weighted by Gasteiger charge is 2.32. The van der Waals surface area contributed by atoms with Gasteiger partial charge in [-0.3, -0.25) is 19.6 Å². The monoisotopic (exact) mass is 1570 g/mol. The third-order valence-electron chi connectivity index (χ3n) is 24.5. The number of aryl methyl sites for hydroxylation is 2. The number of hydrogen-bond donors (Lipinski definition) is 6. The van der Waals surface area contributed by atoms with Crippen LogP contribution in [0.5, 0.6) is 11.5 Å². The van der Waals surface area contributed by atoms with Crippen LogP contribution in [0.4, 0.5) is 21.0 Å². The van der Waals surface area contributed by atoms with Gasteiger partial charge in [0, 0.05) is 50.0 Å². The Morgan fingerprint density at radius 1 is 0.448 bits per heavy atom. The van der Waals surface area contributed by atoms with Crippen molar-refractivity contribution in [1.29, 1.82) is 0 Å². The average Bonchev–Trinajstić information content (AvgIpc) is 0.783. The summed E-state index contributed by atoms with van der Waals surface area (Å²) in [6, 6.07) is 57.7. The number of anilines is 2. The second-order valence-electron chi connectivity index (χ2n) is 33.5. The second-order valence-corrected chi connectivity index (χ2v) is 33.5. The standard InChI is InChI=1S/C36H40N2O2.C33H46N2O3.C32H44N2O3.CH4/c1-25-22-34(36(40)37-21-7-6-10-27-8-4-3-5-9-27)33-20-19-32(24-35(33)38-25)31-17-15-30(16-18-31)29-13-11-28(12-14-29)23-26(2)39;1-4-6-7-8-9-20-34-33(37)35-23-30(5-2)38-32-22-29(18-19-31(32)35)28-16-14-27(15-17-28)26-12-10-25(11-13-26)21-24(3)36;1-4-5-6-7-8-19-33-32(36)34-22-24(3)37-31-21-29(17-18-30(31)34)28-15-13-27(14-16-28)26-11-9-25(10-12-26)20-23(2)35;/h3-5,8-9,15-20,22,24,28-29,39H,2,6-7,10-14,21,23H2,1H3,(H,37,40);14-19,22,25-26,30,36H,3-13,20-21,23H2,1-2H3,(H,34,37);13-18,21,24-26,35H,2,4-12,19-20,22H2,1,3H3,(H,33,36);1H4. The number of fused-ring (bicyclic) bond motifs is 3. The molecule has 7 aromatic carbocycles. The third kappa shape index (κ3) is 25.8. The number of nitrogens with zero attached hydrogens (tertiary/aromatic N) is 3. The number of aromatic nitrogens is 1. The molecule has 5 aliphatic rings. The van der Waals surface area contributed by atoms with E-state index in [0.717, 1.165) is 201 Å². The van der Waals surface area contributed by atoms with E-state index in [4.69, 9.17) is 14.5 Å². The Labute approximate surface area is 694 Å². The van der Waals surface area contributed by atoms with E-state index in [0.29, 0.717) is 84.5 Å². The SMILES string of the molecule is C.C=C(O)CC1CCC(c2ccc(-c3ccc4c(C(=O)NCCCCc5ccccc5)cc(C)nc4c3)cc2)CC1.C=C(O)CC1CCC(c2ccc(-c3ccc4c(c3)OC(C)CN4C(=O)NCCCCCCC)cc2)CC1.C=C(O)CC1CCC(c2ccc(-c3ccc4c(c3)OC(CC)CN4C(=O)NCCCCCCC)cc2)CC1. The fraction of sp³-hybridized carbons (Fsp3) is 0.471. The van der Waals surface area contributed by atoms with E-state index in [-0.39, 0.29) is 37.6 Å². The number of carbonyl (C=O) groups is 3. The molecule has 6 N–H and O–H groups in total. The minimum absolute atomic E-state index is 0. The number of carbonyl (C=O) groups excluding carboxylic acids is 3. The van der Waals surface area contributed by atoms with Crippen LogP contribution in [0.2, 0.25) is 0 Å². The molecule has 620 valence electrons. The topological polar surface area (TPSA) is 186 Å². The summed E-state index contributed by atoms with van der Waals surface area (Å²) in [5.74, 6) is 5.92. The number of allylic oxidation sites excluding steroid dienone is 3. The highest BCUT2D eigenvalue weighted by atomic mass is 16.5. The van der Waals surface area contributed by atoms with Gasteiger partial charge in [-0.1, -0.05) is 227 Å². The Morgan fingerprint density at radius 3 is 1.28 bits per heavy atom.